The van der Waals surface area contributed by atoms with Gasteiger partial charge in [-0.1, -0.05) is 0 Å². The molecular weight excluding hydrogens is 242 g/mol. The van der Waals surface area contributed by atoms with E-state index in [1.165, 1.54) is 18.4 Å². The number of fused-ring (bicyclic) bond motifs is 1. The van der Waals surface area contributed by atoms with Gasteiger partial charge in [0.15, 0.2) is 0 Å². The first kappa shape index (κ1) is 12.4. The minimum Gasteiger partial charge on any atom is -0.481 e. The van der Waals surface area contributed by atoms with Crippen LogP contribution in [0.25, 0.3) is 0 Å². The summed E-state index contributed by atoms with van der Waals surface area (Å²) >= 11 is 0. The molecule has 102 valence electrons. The zero-order chi connectivity index (χ0) is 13.2. The molecule has 1 aromatic heterocycles. The summed E-state index contributed by atoms with van der Waals surface area (Å²) in [6.45, 7) is 0. The molecule has 0 saturated heterocycles. The van der Waals surface area contributed by atoms with Crippen LogP contribution in [-0.2, 0) is 17.6 Å². The van der Waals surface area contributed by atoms with Gasteiger partial charge in [-0.2, -0.15) is 0 Å². The maximum absolute atomic E-state index is 10.9. The average Bonchev–Trinajstić information content (AvgIpc) is 3.22. The molecule has 5 heteroatoms. The van der Waals surface area contributed by atoms with E-state index in [4.69, 9.17) is 5.11 Å². The van der Waals surface area contributed by atoms with Crippen LogP contribution in [0.15, 0.2) is 6.33 Å². The first-order chi connectivity index (χ1) is 9.24. The number of aryl methyl sites for hydroxylation is 1. The van der Waals surface area contributed by atoms with Crippen molar-refractivity contribution in [3.8, 4) is 0 Å². The second-order valence-corrected chi connectivity index (χ2v) is 5.54. The Morgan fingerprint density at radius 2 is 2.16 bits per heavy atom. The monoisotopic (exact) mass is 261 g/mol. The molecule has 1 atom stereocenters. The number of hydrogen-bond acceptors (Lipinski definition) is 4. The Balaban J connectivity index is 1.79. The van der Waals surface area contributed by atoms with E-state index in [9.17, 15) is 4.79 Å². The molecule has 5 nitrogen and oxygen atoms in total. The summed E-state index contributed by atoms with van der Waals surface area (Å²) in [5.74, 6) is 0.612. The van der Waals surface area contributed by atoms with Crippen molar-refractivity contribution in [1.82, 2.24) is 9.97 Å². The van der Waals surface area contributed by atoms with Crippen LogP contribution in [0.3, 0.4) is 0 Å². The number of carboxylic acids is 1. The summed E-state index contributed by atoms with van der Waals surface area (Å²) in [6.07, 6.45) is 8.38. The predicted molar refractivity (Wildman–Crippen MR) is 71.1 cm³/mol. The van der Waals surface area contributed by atoms with Crippen molar-refractivity contribution >= 4 is 11.8 Å². The highest BCUT2D eigenvalue weighted by Gasteiger charge is 2.33. The summed E-state index contributed by atoms with van der Waals surface area (Å²) < 4.78 is 0. The fourth-order valence-electron chi connectivity index (χ4n) is 2.84. The lowest BCUT2D eigenvalue weighted by Gasteiger charge is -2.22. The second-order valence-electron chi connectivity index (χ2n) is 5.54. The number of aromatic nitrogens is 2. The Hall–Kier alpha value is -1.65. The fraction of sp³-hybridized carbons (Fsp3) is 0.643. The Morgan fingerprint density at radius 3 is 2.89 bits per heavy atom. The highest BCUT2D eigenvalue weighted by molar-refractivity contribution is 5.68. The molecule has 1 saturated carbocycles. The van der Waals surface area contributed by atoms with Crippen LogP contribution in [-0.4, -0.2) is 27.1 Å². The Labute approximate surface area is 112 Å². The molecule has 19 heavy (non-hydrogen) atoms. The molecule has 3 rings (SSSR count). The van der Waals surface area contributed by atoms with Crippen molar-refractivity contribution < 1.29 is 9.90 Å². The quantitative estimate of drug-likeness (QED) is 0.848. The zero-order valence-corrected chi connectivity index (χ0v) is 10.9. The van der Waals surface area contributed by atoms with Gasteiger partial charge in [-0.15, -0.1) is 0 Å². The topological polar surface area (TPSA) is 75.1 Å². The van der Waals surface area contributed by atoms with E-state index < -0.39 is 5.97 Å². The van der Waals surface area contributed by atoms with E-state index in [1.54, 1.807) is 6.33 Å². The Bertz CT molecular complexity index is 486. The van der Waals surface area contributed by atoms with E-state index in [0.29, 0.717) is 5.92 Å². The highest BCUT2D eigenvalue weighted by atomic mass is 16.4. The molecule has 0 radical (unpaired) electrons. The molecule has 1 aromatic rings. The average molecular weight is 261 g/mol. The van der Waals surface area contributed by atoms with Crippen LogP contribution in [0.4, 0.5) is 5.82 Å². The molecule has 0 bridgehead atoms. The number of nitrogens with one attached hydrogen (secondary N) is 1. The van der Waals surface area contributed by atoms with Crippen molar-refractivity contribution in [1.29, 1.82) is 0 Å². The first-order valence-corrected chi connectivity index (χ1v) is 7.05. The van der Waals surface area contributed by atoms with E-state index in [2.05, 4.69) is 15.3 Å². The molecule has 2 aliphatic rings. The minimum atomic E-state index is -0.743. The summed E-state index contributed by atoms with van der Waals surface area (Å²) in [5, 5.41) is 12.4. The lowest BCUT2D eigenvalue weighted by atomic mass is 9.96. The van der Waals surface area contributed by atoms with Crippen molar-refractivity contribution in [3.05, 3.63) is 17.6 Å². The van der Waals surface area contributed by atoms with Gasteiger partial charge in [-0.25, -0.2) is 9.97 Å². The number of nitrogens with zero attached hydrogens (tertiary/aromatic N) is 2. The highest BCUT2D eigenvalue weighted by Crippen LogP contribution is 2.36. The van der Waals surface area contributed by atoms with Gasteiger partial charge < -0.3 is 10.4 Å². The van der Waals surface area contributed by atoms with Crippen LogP contribution in [0, 0.1) is 5.92 Å². The second kappa shape index (κ2) is 5.15. The molecule has 2 N–H and O–H groups in total. The van der Waals surface area contributed by atoms with E-state index in [1.807, 2.05) is 0 Å². The maximum Gasteiger partial charge on any atom is 0.305 e. The smallest absolute Gasteiger partial charge is 0.305 e. The summed E-state index contributed by atoms with van der Waals surface area (Å²) in [7, 11) is 0. The maximum atomic E-state index is 10.9. The standard InChI is InChI=1S/C14H19N3O2/c18-13(19)7-12(9-5-6-9)17-14-10-3-1-2-4-11(10)15-8-16-14/h8-9,12H,1-7H2,(H,18,19)(H,15,16,17). The third-order valence-corrected chi connectivity index (χ3v) is 4.03. The normalized spacial score (nSPS) is 19.6. The van der Waals surface area contributed by atoms with Gasteiger partial charge >= 0.3 is 5.97 Å². The largest absolute Gasteiger partial charge is 0.481 e. The number of anilines is 1. The molecule has 1 unspecified atom stereocenters. The summed E-state index contributed by atoms with van der Waals surface area (Å²) in [4.78, 5) is 19.6. The third kappa shape index (κ3) is 2.85. The molecule has 1 heterocycles. The number of rotatable bonds is 5. The molecule has 2 aliphatic carbocycles. The van der Waals surface area contributed by atoms with Crippen molar-refractivity contribution in [2.75, 3.05) is 5.32 Å². The number of carboxylic acid groups (broad SMARTS) is 1. The predicted octanol–water partition coefficient (Wildman–Crippen LogP) is 2.02. The summed E-state index contributed by atoms with van der Waals surface area (Å²) in [5.41, 5.74) is 2.33. The van der Waals surface area contributed by atoms with Gasteiger partial charge in [0.1, 0.15) is 12.1 Å². The van der Waals surface area contributed by atoms with E-state index >= 15 is 0 Å². The Kier molecular flexibility index (Phi) is 3.36. The zero-order valence-electron chi connectivity index (χ0n) is 10.9. The molecule has 0 amide bonds. The number of carbonyl (C=O) groups is 1. The van der Waals surface area contributed by atoms with Crippen LogP contribution < -0.4 is 5.32 Å². The summed E-state index contributed by atoms with van der Waals surface area (Å²) in [6, 6.07) is 0.0124. The lowest BCUT2D eigenvalue weighted by molar-refractivity contribution is -0.137. The van der Waals surface area contributed by atoms with E-state index in [-0.39, 0.29) is 12.5 Å². The van der Waals surface area contributed by atoms with Crippen molar-refractivity contribution in [2.45, 2.75) is 51.0 Å². The van der Waals surface area contributed by atoms with Gasteiger partial charge in [-0.3, -0.25) is 4.79 Å². The molecule has 0 spiro atoms. The third-order valence-electron chi connectivity index (χ3n) is 4.03. The van der Waals surface area contributed by atoms with Gasteiger partial charge in [0.2, 0.25) is 0 Å². The lowest BCUT2D eigenvalue weighted by Crippen LogP contribution is -2.27. The Morgan fingerprint density at radius 1 is 1.37 bits per heavy atom. The first-order valence-electron chi connectivity index (χ1n) is 7.05. The van der Waals surface area contributed by atoms with Crippen molar-refractivity contribution in [3.63, 3.8) is 0 Å². The molecule has 0 aliphatic heterocycles. The van der Waals surface area contributed by atoms with Crippen LogP contribution in [0.5, 0.6) is 0 Å². The number of hydrogen-bond donors (Lipinski definition) is 2. The molecular formula is C14H19N3O2. The van der Waals surface area contributed by atoms with Gasteiger partial charge in [0.25, 0.3) is 0 Å². The van der Waals surface area contributed by atoms with Gasteiger partial charge in [0, 0.05) is 17.3 Å². The van der Waals surface area contributed by atoms with Crippen LogP contribution in [0.2, 0.25) is 0 Å². The van der Waals surface area contributed by atoms with Crippen LogP contribution in [0.1, 0.15) is 43.4 Å². The van der Waals surface area contributed by atoms with Crippen LogP contribution >= 0.6 is 0 Å². The van der Waals surface area contributed by atoms with Gasteiger partial charge in [0.05, 0.1) is 6.42 Å². The minimum absolute atomic E-state index is 0.0124. The van der Waals surface area contributed by atoms with Gasteiger partial charge in [-0.05, 0) is 44.4 Å². The fourth-order valence-corrected chi connectivity index (χ4v) is 2.84. The van der Waals surface area contributed by atoms with E-state index in [0.717, 1.165) is 37.2 Å². The molecule has 1 fully saturated rings. The molecule has 0 aromatic carbocycles. The van der Waals surface area contributed by atoms with Crippen molar-refractivity contribution in [2.24, 2.45) is 5.92 Å². The number of aliphatic carboxylic acids is 1. The SMILES string of the molecule is O=C(O)CC(Nc1ncnc2c1CCCC2)C1CC1.